The van der Waals surface area contributed by atoms with E-state index < -0.39 is 0 Å². The van der Waals surface area contributed by atoms with E-state index in [4.69, 9.17) is 9.72 Å². The van der Waals surface area contributed by atoms with E-state index in [9.17, 15) is 0 Å². The number of rotatable bonds is 2. The fourth-order valence-electron chi connectivity index (χ4n) is 6.49. The van der Waals surface area contributed by atoms with Crippen molar-refractivity contribution in [1.82, 2.24) is 19.5 Å². The first-order valence-corrected chi connectivity index (χ1v) is 15.3. The van der Waals surface area contributed by atoms with Gasteiger partial charge >= 0.3 is 0 Å². The molecule has 0 amide bonds. The Balaban J connectivity index is 1.24. The molecule has 1 aliphatic heterocycles. The van der Waals surface area contributed by atoms with Gasteiger partial charge in [0.1, 0.15) is 17.1 Å². The van der Waals surface area contributed by atoms with E-state index in [1.54, 1.807) is 12.4 Å². The molecule has 5 aromatic carbocycles. The van der Waals surface area contributed by atoms with E-state index >= 15 is 0 Å². The number of hydrogen-bond acceptors (Lipinski definition) is 4. The molecule has 8 aromatic rings. The summed E-state index contributed by atoms with van der Waals surface area (Å²) in [6.45, 7) is 0. The van der Waals surface area contributed by atoms with Gasteiger partial charge in [-0.15, -0.1) is 0 Å². The van der Waals surface area contributed by atoms with Gasteiger partial charge in [0, 0.05) is 40.5 Å². The number of aromatic nitrogens is 4. The molecule has 0 atom stereocenters. The van der Waals surface area contributed by atoms with Crippen LogP contribution >= 0.6 is 0 Å². The van der Waals surface area contributed by atoms with Crippen LogP contribution in [0.3, 0.4) is 0 Å². The molecule has 3 aromatic heterocycles. The van der Waals surface area contributed by atoms with Crippen LogP contribution in [0.2, 0.25) is 0 Å². The zero-order valence-corrected chi connectivity index (χ0v) is 24.7. The van der Waals surface area contributed by atoms with Crippen LogP contribution in [0.4, 0.5) is 0 Å². The molecule has 0 saturated carbocycles. The predicted octanol–water partition coefficient (Wildman–Crippen LogP) is 10.2. The second-order valence-electron chi connectivity index (χ2n) is 11.3. The first-order chi connectivity index (χ1) is 22.8. The Kier molecular flexibility index (Phi) is 6.06. The van der Waals surface area contributed by atoms with Gasteiger partial charge in [-0.1, -0.05) is 91.0 Å². The second kappa shape index (κ2) is 10.7. The Morgan fingerprint density at radius 2 is 1.09 bits per heavy atom. The number of fused-ring (bicyclic) bond motifs is 9. The average molecular weight is 591 g/mol. The maximum atomic E-state index is 6.73. The summed E-state index contributed by atoms with van der Waals surface area (Å²) >= 11 is 0. The first-order valence-electron chi connectivity index (χ1n) is 15.3. The second-order valence-corrected chi connectivity index (χ2v) is 11.3. The lowest BCUT2D eigenvalue weighted by Gasteiger charge is -2.16. The lowest BCUT2D eigenvalue weighted by atomic mass is 9.92. The van der Waals surface area contributed by atoms with E-state index in [2.05, 4.69) is 119 Å². The molecule has 46 heavy (non-hydrogen) atoms. The summed E-state index contributed by atoms with van der Waals surface area (Å²) in [5, 5.41) is 2.16. The third kappa shape index (κ3) is 4.29. The van der Waals surface area contributed by atoms with Gasteiger partial charge in [-0.05, 0) is 81.9 Å². The Morgan fingerprint density at radius 3 is 1.89 bits per heavy atom. The van der Waals surface area contributed by atoms with Crippen molar-refractivity contribution in [3.8, 4) is 50.8 Å². The molecule has 0 bridgehead atoms. The molecule has 5 heteroatoms. The summed E-state index contributed by atoms with van der Waals surface area (Å²) in [6.07, 6.45) is 9.75. The molecule has 0 fully saturated rings. The predicted molar refractivity (Wildman–Crippen MR) is 186 cm³/mol. The summed E-state index contributed by atoms with van der Waals surface area (Å²) in [7, 11) is 0. The number of nitrogens with zero attached hydrogens (tertiary/aromatic N) is 4. The standard InChI is InChI=1S/C41H26N4O/c1-2-10-31-27(9-1)16-17-28-18-19-29(25-35(28)33-12-4-6-15-39(33)46-38-14-5-3-11-32(31)38)30-20-21-37-36(26-30)34-13-7-22-42-40(34)45(37)41-43-23-8-24-44-41/h1-26H. The lowest BCUT2D eigenvalue weighted by molar-refractivity contribution is 0.486. The van der Waals surface area contributed by atoms with Gasteiger partial charge in [0.15, 0.2) is 0 Å². The molecule has 0 aliphatic carbocycles. The smallest absolute Gasteiger partial charge is 0.235 e. The normalized spacial score (nSPS) is 12.0. The summed E-state index contributed by atoms with van der Waals surface area (Å²) in [4.78, 5) is 13.8. The summed E-state index contributed by atoms with van der Waals surface area (Å²) in [5.74, 6) is 2.24. The minimum Gasteiger partial charge on any atom is -0.456 e. The Bertz CT molecular complexity index is 2460. The van der Waals surface area contributed by atoms with Gasteiger partial charge in [0.25, 0.3) is 0 Å². The van der Waals surface area contributed by atoms with Crippen molar-refractivity contribution in [2.75, 3.05) is 0 Å². The number of ether oxygens (including phenoxy) is 1. The van der Waals surface area contributed by atoms with E-state index in [1.807, 2.05) is 41.1 Å². The third-order valence-corrected chi connectivity index (χ3v) is 8.64. The molecule has 216 valence electrons. The van der Waals surface area contributed by atoms with Gasteiger partial charge in [-0.3, -0.25) is 4.57 Å². The molecule has 0 radical (unpaired) electrons. The van der Waals surface area contributed by atoms with Crippen LogP contribution < -0.4 is 4.74 Å². The highest BCUT2D eigenvalue weighted by Crippen LogP contribution is 2.43. The molecule has 1 aliphatic rings. The molecular formula is C41H26N4O. The number of pyridine rings is 1. The van der Waals surface area contributed by atoms with E-state index in [-0.39, 0.29) is 0 Å². The average Bonchev–Trinajstić information content (AvgIpc) is 3.44. The number of hydrogen-bond donors (Lipinski definition) is 0. The highest BCUT2D eigenvalue weighted by Gasteiger charge is 2.18. The summed E-state index contributed by atoms with van der Waals surface area (Å²) in [5.41, 5.74) is 10.6. The molecule has 4 heterocycles. The molecule has 0 unspecified atom stereocenters. The quantitative estimate of drug-likeness (QED) is 0.201. The largest absolute Gasteiger partial charge is 0.456 e. The van der Waals surface area contributed by atoms with Gasteiger partial charge in [-0.2, -0.15) is 0 Å². The van der Waals surface area contributed by atoms with E-state index in [0.717, 1.165) is 77.9 Å². The SMILES string of the molecule is C1=Cc2ccc(-c3ccc4c(c3)c3cccnc3n4-c3ncccn3)cc2-c2ccccc2Oc2ccccc2-c2ccccc21. The van der Waals surface area contributed by atoms with Crippen molar-refractivity contribution < 1.29 is 4.74 Å². The van der Waals surface area contributed by atoms with Crippen LogP contribution in [0, 0.1) is 0 Å². The van der Waals surface area contributed by atoms with Crippen LogP contribution in [0.5, 0.6) is 11.5 Å². The first kappa shape index (κ1) is 26.1. The molecule has 0 spiro atoms. The van der Waals surface area contributed by atoms with Crippen molar-refractivity contribution in [3.63, 3.8) is 0 Å². The third-order valence-electron chi connectivity index (χ3n) is 8.64. The molecule has 0 saturated heterocycles. The molecule has 9 rings (SSSR count). The topological polar surface area (TPSA) is 52.8 Å². The Morgan fingerprint density at radius 1 is 0.457 bits per heavy atom. The van der Waals surface area contributed by atoms with Crippen LogP contribution in [-0.4, -0.2) is 19.5 Å². The summed E-state index contributed by atoms with van der Waals surface area (Å²) in [6, 6.07) is 44.2. The van der Waals surface area contributed by atoms with Crippen molar-refractivity contribution in [1.29, 1.82) is 0 Å². The molecular weight excluding hydrogens is 564 g/mol. The number of benzene rings is 5. The fourth-order valence-corrected chi connectivity index (χ4v) is 6.49. The van der Waals surface area contributed by atoms with Crippen molar-refractivity contribution >= 4 is 34.1 Å². The highest BCUT2D eigenvalue weighted by atomic mass is 16.5. The number of para-hydroxylation sites is 2. The van der Waals surface area contributed by atoms with Crippen LogP contribution in [-0.2, 0) is 0 Å². The van der Waals surface area contributed by atoms with Gasteiger partial charge in [0.2, 0.25) is 5.95 Å². The van der Waals surface area contributed by atoms with Crippen LogP contribution in [0.1, 0.15) is 11.1 Å². The maximum Gasteiger partial charge on any atom is 0.235 e. The van der Waals surface area contributed by atoms with E-state index in [0.29, 0.717) is 5.95 Å². The van der Waals surface area contributed by atoms with Crippen molar-refractivity contribution in [2.24, 2.45) is 0 Å². The van der Waals surface area contributed by atoms with Crippen LogP contribution in [0.25, 0.3) is 73.4 Å². The lowest BCUT2D eigenvalue weighted by Crippen LogP contribution is -2.00. The zero-order valence-electron chi connectivity index (χ0n) is 24.7. The van der Waals surface area contributed by atoms with Crippen molar-refractivity contribution in [3.05, 3.63) is 157 Å². The molecule has 5 nitrogen and oxygen atoms in total. The maximum absolute atomic E-state index is 6.73. The highest BCUT2D eigenvalue weighted by molar-refractivity contribution is 6.09. The minimum atomic E-state index is 0.601. The van der Waals surface area contributed by atoms with Gasteiger partial charge in [-0.25, -0.2) is 15.0 Å². The van der Waals surface area contributed by atoms with Crippen LogP contribution in [0.15, 0.2) is 146 Å². The zero-order chi connectivity index (χ0) is 30.5. The molecule has 0 N–H and O–H groups in total. The van der Waals surface area contributed by atoms with E-state index in [1.165, 1.54) is 0 Å². The fraction of sp³-hybridized carbons (Fsp3) is 0. The monoisotopic (exact) mass is 590 g/mol. The Labute approximate surface area is 265 Å². The Hall–Kier alpha value is -6.33. The van der Waals surface area contributed by atoms with Gasteiger partial charge in [0.05, 0.1) is 5.52 Å². The minimum absolute atomic E-state index is 0.601. The van der Waals surface area contributed by atoms with Crippen molar-refractivity contribution in [2.45, 2.75) is 0 Å². The van der Waals surface area contributed by atoms with Gasteiger partial charge < -0.3 is 4.74 Å². The summed E-state index contributed by atoms with van der Waals surface area (Å²) < 4.78 is 8.76.